The molecule has 5 heteroatoms. The molecule has 106 valence electrons. The highest BCUT2D eigenvalue weighted by Crippen LogP contribution is 2.33. The summed E-state index contributed by atoms with van der Waals surface area (Å²) in [5, 5.41) is 7.48. The zero-order chi connectivity index (χ0) is 13.9. The monoisotopic (exact) mass is 273 g/mol. The van der Waals surface area contributed by atoms with Crippen molar-refractivity contribution in [1.82, 2.24) is 10.1 Å². The van der Waals surface area contributed by atoms with Crippen molar-refractivity contribution in [3.63, 3.8) is 0 Å². The molecule has 0 fully saturated rings. The Bertz CT molecular complexity index is 557. The molecule has 1 aliphatic rings. The molecule has 2 heterocycles. The van der Waals surface area contributed by atoms with E-state index in [-0.39, 0.29) is 12.1 Å². The maximum Gasteiger partial charge on any atom is 0.249 e. The minimum absolute atomic E-state index is 0.0628. The fourth-order valence-electron chi connectivity index (χ4n) is 2.54. The van der Waals surface area contributed by atoms with Crippen molar-refractivity contribution < 1.29 is 9.26 Å². The van der Waals surface area contributed by atoms with E-state index >= 15 is 0 Å². The van der Waals surface area contributed by atoms with Crippen LogP contribution >= 0.6 is 0 Å². The third-order valence-electron chi connectivity index (χ3n) is 3.55. The standard InChI is InChI=1S/C15H19N3O2/c1-3-13(19-4-2)14-17-15(20-18-14)12-9-10-7-5-6-8-11(10)16-12/h5-8,12-13,16H,3-4,9H2,1-2H3. The van der Waals surface area contributed by atoms with Gasteiger partial charge in [0.2, 0.25) is 11.7 Å². The van der Waals surface area contributed by atoms with E-state index in [0.717, 1.165) is 18.5 Å². The summed E-state index contributed by atoms with van der Waals surface area (Å²) in [4.78, 5) is 4.50. The predicted molar refractivity (Wildman–Crippen MR) is 75.5 cm³/mol. The van der Waals surface area contributed by atoms with E-state index in [1.54, 1.807) is 0 Å². The van der Waals surface area contributed by atoms with E-state index in [9.17, 15) is 0 Å². The Balaban J connectivity index is 1.75. The molecule has 5 nitrogen and oxygen atoms in total. The topological polar surface area (TPSA) is 60.2 Å². The number of fused-ring (bicyclic) bond motifs is 1. The van der Waals surface area contributed by atoms with Gasteiger partial charge in [-0.1, -0.05) is 30.3 Å². The summed E-state index contributed by atoms with van der Waals surface area (Å²) in [5.74, 6) is 1.27. The van der Waals surface area contributed by atoms with Gasteiger partial charge in [-0.2, -0.15) is 4.98 Å². The van der Waals surface area contributed by atoms with Gasteiger partial charge in [-0.3, -0.25) is 0 Å². The molecule has 2 unspecified atom stereocenters. The van der Waals surface area contributed by atoms with Gasteiger partial charge in [0, 0.05) is 18.7 Å². The molecule has 2 atom stereocenters. The Morgan fingerprint density at radius 3 is 3.00 bits per heavy atom. The van der Waals surface area contributed by atoms with Crippen LogP contribution in [-0.4, -0.2) is 16.7 Å². The smallest absolute Gasteiger partial charge is 0.249 e. The molecule has 0 aliphatic carbocycles. The summed E-state index contributed by atoms with van der Waals surface area (Å²) < 4.78 is 11.0. The van der Waals surface area contributed by atoms with Crippen LogP contribution in [0.3, 0.4) is 0 Å². The molecular formula is C15H19N3O2. The highest BCUT2D eigenvalue weighted by molar-refractivity contribution is 5.56. The number of hydrogen-bond acceptors (Lipinski definition) is 5. The predicted octanol–water partition coefficient (Wildman–Crippen LogP) is 3.27. The normalized spacial score (nSPS) is 18.6. The maximum atomic E-state index is 5.61. The Kier molecular flexibility index (Phi) is 3.69. The molecule has 1 aromatic carbocycles. The van der Waals surface area contributed by atoms with Crippen LogP contribution < -0.4 is 5.32 Å². The molecule has 0 radical (unpaired) electrons. The minimum Gasteiger partial charge on any atom is -0.373 e. The summed E-state index contributed by atoms with van der Waals surface area (Å²) in [6, 6.07) is 8.32. The average Bonchev–Trinajstić information content (AvgIpc) is 3.10. The number of benzene rings is 1. The van der Waals surface area contributed by atoms with Crippen molar-refractivity contribution in [1.29, 1.82) is 0 Å². The first-order chi connectivity index (χ1) is 9.81. The van der Waals surface area contributed by atoms with Gasteiger partial charge < -0.3 is 14.6 Å². The molecule has 0 amide bonds. The molecule has 1 aromatic heterocycles. The Hall–Kier alpha value is -1.88. The highest BCUT2D eigenvalue weighted by Gasteiger charge is 2.27. The average molecular weight is 273 g/mol. The zero-order valence-corrected chi connectivity index (χ0v) is 11.8. The lowest BCUT2D eigenvalue weighted by Crippen LogP contribution is -2.08. The molecule has 1 N–H and O–H groups in total. The van der Waals surface area contributed by atoms with Gasteiger partial charge in [-0.25, -0.2) is 0 Å². The van der Waals surface area contributed by atoms with Crippen molar-refractivity contribution in [2.24, 2.45) is 0 Å². The first-order valence-corrected chi connectivity index (χ1v) is 7.11. The van der Waals surface area contributed by atoms with Crippen LogP contribution in [0.4, 0.5) is 5.69 Å². The van der Waals surface area contributed by atoms with E-state index in [4.69, 9.17) is 9.26 Å². The number of aromatic nitrogens is 2. The fraction of sp³-hybridized carbons (Fsp3) is 0.467. The van der Waals surface area contributed by atoms with Crippen molar-refractivity contribution in [3.8, 4) is 0 Å². The van der Waals surface area contributed by atoms with Crippen molar-refractivity contribution in [3.05, 3.63) is 41.5 Å². The van der Waals surface area contributed by atoms with Crippen molar-refractivity contribution >= 4 is 5.69 Å². The Labute approximate surface area is 118 Å². The van der Waals surface area contributed by atoms with E-state index in [1.165, 1.54) is 5.56 Å². The second-order valence-electron chi connectivity index (χ2n) is 4.90. The number of rotatable bonds is 5. The fourth-order valence-corrected chi connectivity index (χ4v) is 2.54. The van der Waals surface area contributed by atoms with Gasteiger partial charge >= 0.3 is 0 Å². The number of nitrogens with one attached hydrogen (secondary N) is 1. The van der Waals surface area contributed by atoms with E-state index in [1.807, 2.05) is 19.1 Å². The molecule has 1 aliphatic heterocycles. The summed E-state index contributed by atoms with van der Waals surface area (Å²) in [7, 11) is 0. The first kappa shape index (κ1) is 13.1. The molecular weight excluding hydrogens is 254 g/mol. The number of hydrogen-bond donors (Lipinski definition) is 1. The SMILES string of the molecule is CCOC(CC)c1noc(C2Cc3ccccc3N2)n1. The van der Waals surface area contributed by atoms with E-state index < -0.39 is 0 Å². The summed E-state index contributed by atoms with van der Waals surface area (Å²) in [5.41, 5.74) is 2.43. The quantitative estimate of drug-likeness (QED) is 0.906. The third-order valence-corrected chi connectivity index (χ3v) is 3.55. The van der Waals surface area contributed by atoms with Gasteiger partial charge in [0.1, 0.15) is 12.1 Å². The minimum atomic E-state index is -0.0821. The maximum absolute atomic E-state index is 5.61. The lowest BCUT2D eigenvalue weighted by Gasteiger charge is -2.09. The molecule has 2 aromatic rings. The van der Waals surface area contributed by atoms with Crippen LogP contribution in [0, 0.1) is 0 Å². The summed E-state index contributed by atoms with van der Waals surface area (Å²) in [6.07, 6.45) is 1.63. The van der Waals surface area contributed by atoms with Gasteiger partial charge in [0.15, 0.2) is 0 Å². The first-order valence-electron chi connectivity index (χ1n) is 7.11. The molecule has 0 bridgehead atoms. The second-order valence-corrected chi connectivity index (χ2v) is 4.90. The number of ether oxygens (including phenoxy) is 1. The summed E-state index contributed by atoms with van der Waals surface area (Å²) in [6.45, 7) is 4.67. The number of para-hydroxylation sites is 1. The van der Waals surface area contributed by atoms with Crippen LogP contribution in [0.15, 0.2) is 28.8 Å². The van der Waals surface area contributed by atoms with Crippen LogP contribution in [0.1, 0.15) is 49.7 Å². The van der Waals surface area contributed by atoms with Crippen LogP contribution in [-0.2, 0) is 11.2 Å². The van der Waals surface area contributed by atoms with Gasteiger partial charge in [0.05, 0.1) is 0 Å². The zero-order valence-electron chi connectivity index (χ0n) is 11.8. The van der Waals surface area contributed by atoms with Gasteiger partial charge in [0.25, 0.3) is 0 Å². The van der Waals surface area contributed by atoms with E-state index in [2.05, 4.69) is 34.5 Å². The molecule has 3 rings (SSSR count). The van der Waals surface area contributed by atoms with Gasteiger partial charge in [-0.15, -0.1) is 0 Å². The van der Waals surface area contributed by atoms with E-state index in [0.29, 0.717) is 18.3 Å². The lowest BCUT2D eigenvalue weighted by molar-refractivity contribution is 0.0518. The molecule has 0 spiro atoms. The molecule has 0 saturated heterocycles. The van der Waals surface area contributed by atoms with Crippen LogP contribution in [0.2, 0.25) is 0 Å². The summed E-state index contributed by atoms with van der Waals surface area (Å²) >= 11 is 0. The third kappa shape index (κ3) is 2.41. The second kappa shape index (κ2) is 5.63. The Morgan fingerprint density at radius 2 is 2.25 bits per heavy atom. The highest BCUT2D eigenvalue weighted by atomic mass is 16.5. The largest absolute Gasteiger partial charge is 0.373 e. The molecule has 20 heavy (non-hydrogen) atoms. The van der Waals surface area contributed by atoms with Crippen molar-refractivity contribution in [2.45, 2.75) is 38.8 Å². The van der Waals surface area contributed by atoms with Crippen LogP contribution in [0.25, 0.3) is 0 Å². The van der Waals surface area contributed by atoms with Gasteiger partial charge in [-0.05, 0) is 25.0 Å². The molecule has 0 saturated carbocycles. The number of nitrogens with zero attached hydrogens (tertiary/aromatic N) is 2. The lowest BCUT2D eigenvalue weighted by atomic mass is 10.1. The Morgan fingerprint density at radius 1 is 1.40 bits per heavy atom. The van der Waals surface area contributed by atoms with Crippen LogP contribution in [0.5, 0.6) is 0 Å². The van der Waals surface area contributed by atoms with Crippen molar-refractivity contribution in [2.75, 3.05) is 11.9 Å². The number of anilines is 1.